The van der Waals surface area contributed by atoms with Gasteiger partial charge in [0.25, 0.3) is 0 Å². The maximum Gasteiger partial charge on any atom is 0.492 e. The topological polar surface area (TPSA) is 93.0 Å². The number of hydrogen-bond acceptors (Lipinski definition) is 6. The second-order valence-corrected chi connectivity index (χ2v) is 40.9. The number of para-hydroxylation sites is 8. The lowest BCUT2D eigenvalue weighted by Gasteiger charge is -2.31. The first-order valence-electron chi connectivity index (χ1n) is 44.0. The Kier molecular flexibility index (Phi) is 17.3. The summed E-state index contributed by atoms with van der Waals surface area (Å²) >= 11 is 11.4. The maximum absolute atomic E-state index is 9.24. The molecule has 0 unspecified atom stereocenters. The Morgan fingerprint density at radius 1 is 0.222 bits per heavy atom. The average Bonchev–Trinajstić information content (AvgIpc) is 1.49. The third kappa shape index (κ3) is 10.8. The summed E-state index contributed by atoms with van der Waals surface area (Å²) in [4.78, 5) is 0. The third-order valence-electron chi connectivity index (χ3n) is 29.3. The fourth-order valence-electron chi connectivity index (χ4n) is 23.8. The summed E-state index contributed by atoms with van der Waals surface area (Å²) in [6.45, 7) is 33.3. The first kappa shape index (κ1) is 78.8. The lowest BCUT2D eigenvalue weighted by Crippen LogP contribution is -2.29. The highest BCUT2D eigenvalue weighted by atomic mass is 79.9. The smallest absolute Gasteiger partial charge is 0.456 e. The summed E-state index contributed by atoms with van der Waals surface area (Å²) in [5.74, 6) is 0. The van der Waals surface area contributed by atoms with Gasteiger partial charge in [0.05, 0.1) is 0 Å². The van der Waals surface area contributed by atoms with Crippen LogP contribution in [0.25, 0.3) is 188 Å². The second kappa shape index (κ2) is 27.6. The fraction of sp³-hybridized carbons (Fsp3) is 0.172. The molecule has 4 aromatic heterocycles. The molecule has 20 aromatic rings. The van der Waals surface area contributed by atoms with Crippen molar-refractivity contribution in [3.63, 3.8) is 0 Å². The van der Waals surface area contributed by atoms with Crippen LogP contribution < -0.4 is 5.46 Å². The van der Waals surface area contributed by atoms with E-state index in [1.807, 2.05) is 44.2 Å². The summed E-state index contributed by atoms with van der Waals surface area (Å²) in [6.07, 6.45) is 0. The van der Waals surface area contributed by atoms with Gasteiger partial charge in [0.2, 0.25) is 0 Å². The standard InChI is InChI=1S/C69H48O3.C33H27Br3.C12H9BO3.C2H6/c1-67(2)52-31-28-37(40-19-13-22-46-43-16-7-10-25-55(43)70-64(40)46)34-49(52)58-61(67)59-50-35-38(41-20-14-23-47-44-17-8-11-26-56(44)71-65(41)47)29-32-53(50)68(3,4)63(59)60-51-36-39(30-33-54(51)69(5,6)62(58)60)42-21-15-24-48-45-18-9-12-27-57(45)72-66(42)48;1-31(2)22-10-7-16(34)13-19(22)25-28(31)26-20-14-17(35)8-11-23(20)32(3,4)30(26)27-21-15-18(36)9-12-24(21)33(5,6)29(25)27;14-13(15)10-6-3-5-9-8-4-1-2-7-11(8)16-12(9)10;1-2/h7-36H,1-6H3;7-15H,1-6H3;1-7,14-15H;1-2H3. The van der Waals surface area contributed by atoms with Crippen molar-refractivity contribution in [1.29, 1.82) is 0 Å². The summed E-state index contributed by atoms with van der Waals surface area (Å²) in [7, 11) is -1.51. The molecule has 0 fully saturated rings. The Morgan fingerprint density at radius 3 is 0.698 bits per heavy atom. The zero-order valence-corrected chi connectivity index (χ0v) is 77.6. The van der Waals surface area contributed by atoms with E-state index in [9.17, 15) is 10.0 Å². The van der Waals surface area contributed by atoms with Gasteiger partial charge in [-0.15, -0.1) is 0 Å². The molecule has 0 spiro atoms. The van der Waals surface area contributed by atoms with Crippen LogP contribution in [-0.2, 0) is 32.5 Å². The number of benzene rings is 16. The number of rotatable bonds is 4. The Balaban J connectivity index is 0.000000139. The number of fused-ring (bicyclic) bond motifs is 36. The van der Waals surface area contributed by atoms with E-state index < -0.39 is 7.12 Å². The average molecular weight is 1830 g/mol. The normalized spacial score (nSPS) is 15.5. The molecule has 6 aliphatic rings. The van der Waals surface area contributed by atoms with Crippen molar-refractivity contribution in [2.75, 3.05) is 0 Å². The molecule has 4 heterocycles. The largest absolute Gasteiger partial charge is 0.492 e. The number of hydrogen-bond donors (Lipinski definition) is 2. The van der Waals surface area contributed by atoms with Crippen LogP contribution in [0.3, 0.4) is 0 Å². The summed E-state index contributed by atoms with van der Waals surface area (Å²) in [5.41, 5.74) is 46.3. The number of furan rings is 4. The molecule has 0 bridgehead atoms. The quantitative estimate of drug-likeness (QED) is 0.171. The van der Waals surface area contributed by atoms with Crippen molar-refractivity contribution in [2.45, 2.75) is 129 Å². The van der Waals surface area contributed by atoms with Gasteiger partial charge in [0.1, 0.15) is 44.7 Å². The molecule has 0 amide bonds. The summed E-state index contributed by atoms with van der Waals surface area (Å²) in [6, 6.07) is 100. The summed E-state index contributed by atoms with van der Waals surface area (Å²) in [5, 5.41) is 27.2. The molecule has 614 valence electrons. The Bertz CT molecular complexity index is 7500. The Labute approximate surface area is 758 Å². The predicted octanol–water partition coefficient (Wildman–Crippen LogP) is 32.5. The molecule has 0 saturated carbocycles. The van der Waals surface area contributed by atoms with E-state index in [0.717, 1.165) is 129 Å². The van der Waals surface area contributed by atoms with Gasteiger partial charge in [-0.05, 0) is 229 Å². The van der Waals surface area contributed by atoms with E-state index in [2.05, 4.69) is 367 Å². The molecule has 0 aliphatic heterocycles. The molecule has 0 atom stereocenters. The lowest BCUT2D eigenvalue weighted by molar-refractivity contribution is 0.425. The molecule has 126 heavy (non-hydrogen) atoms. The van der Waals surface area contributed by atoms with E-state index in [1.165, 1.54) is 134 Å². The van der Waals surface area contributed by atoms with Crippen LogP contribution in [0, 0.1) is 0 Å². The van der Waals surface area contributed by atoms with Crippen molar-refractivity contribution < 1.29 is 27.7 Å². The second-order valence-electron chi connectivity index (χ2n) is 38.1. The van der Waals surface area contributed by atoms with Gasteiger partial charge >= 0.3 is 7.12 Å². The molecule has 10 heteroatoms. The van der Waals surface area contributed by atoms with Crippen LogP contribution in [0.1, 0.15) is 164 Å². The monoisotopic (exact) mass is 1830 g/mol. The van der Waals surface area contributed by atoms with Gasteiger partial charge < -0.3 is 27.7 Å². The molecule has 16 aromatic carbocycles. The minimum absolute atomic E-state index is 0.101. The van der Waals surface area contributed by atoms with E-state index in [0.29, 0.717) is 11.0 Å². The number of halogens is 3. The fourth-order valence-corrected chi connectivity index (χ4v) is 24.8. The van der Waals surface area contributed by atoms with Gasteiger partial charge in [-0.1, -0.05) is 345 Å². The zero-order valence-electron chi connectivity index (χ0n) is 72.8. The lowest BCUT2D eigenvalue weighted by atomic mass is 9.71. The van der Waals surface area contributed by atoms with Gasteiger partial charge in [-0.25, -0.2) is 0 Å². The molecule has 2 N–H and O–H groups in total. The van der Waals surface area contributed by atoms with Crippen molar-refractivity contribution in [1.82, 2.24) is 0 Å². The van der Waals surface area contributed by atoms with Crippen LogP contribution in [0.2, 0.25) is 0 Å². The van der Waals surface area contributed by atoms with Crippen LogP contribution in [0.15, 0.2) is 310 Å². The van der Waals surface area contributed by atoms with Crippen molar-refractivity contribution in [3.05, 3.63) is 359 Å². The molecule has 6 nitrogen and oxygen atoms in total. The first-order chi connectivity index (χ1) is 60.6. The van der Waals surface area contributed by atoms with E-state index in [1.54, 1.807) is 12.1 Å². The van der Waals surface area contributed by atoms with Crippen LogP contribution >= 0.6 is 47.8 Å². The van der Waals surface area contributed by atoms with E-state index >= 15 is 0 Å². The van der Waals surface area contributed by atoms with Crippen LogP contribution in [-0.4, -0.2) is 17.2 Å². The SMILES string of the molecule is CC.CC1(C)c2ccc(-c3cccc4c3oc3ccccc34)cc2-c2c1c1c(c3c2C(C)(C)c2ccc(-c4cccc5c4oc4ccccc45)cc2-3)C(C)(C)c2ccc(-c3cccc4c3oc3ccccc34)cc2-1.CC1(C)c2ccc(Br)cc2-c2c1c1c(c3c2C(C)(C)c2ccc(Br)cc2-3)C(C)(C)c2ccc(Br)cc2-1.OB(O)c1cccc2c1oc1ccccc12. The predicted molar refractivity (Wildman–Crippen MR) is 534 cm³/mol. The Morgan fingerprint density at radius 2 is 0.437 bits per heavy atom. The van der Waals surface area contributed by atoms with Crippen LogP contribution in [0.5, 0.6) is 0 Å². The zero-order chi connectivity index (χ0) is 86.8. The highest BCUT2D eigenvalue weighted by molar-refractivity contribution is 9.11. The van der Waals surface area contributed by atoms with E-state index in [-0.39, 0.29) is 32.5 Å². The Hall–Kier alpha value is -11.9. The highest BCUT2D eigenvalue weighted by Crippen LogP contribution is 2.71. The molecule has 6 aliphatic carbocycles. The molecular formula is C116H90BBr3O6. The van der Waals surface area contributed by atoms with Crippen LogP contribution in [0.4, 0.5) is 0 Å². The maximum atomic E-state index is 9.24. The van der Waals surface area contributed by atoms with Crippen molar-refractivity contribution in [3.8, 4) is 100 Å². The van der Waals surface area contributed by atoms with Crippen molar-refractivity contribution in [2.24, 2.45) is 0 Å². The molecular weight excluding hydrogens is 1740 g/mol. The van der Waals surface area contributed by atoms with E-state index in [4.69, 9.17) is 17.7 Å². The molecule has 26 rings (SSSR count). The van der Waals surface area contributed by atoms with Gasteiger partial charge in [0, 0.05) is 111 Å². The summed E-state index contributed by atoms with van der Waals surface area (Å²) < 4.78 is 29.2. The van der Waals surface area contributed by atoms with Gasteiger partial charge in [0.15, 0.2) is 0 Å². The minimum atomic E-state index is -1.51. The first-order valence-corrected chi connectivity index (χ1v) is 46.3. The van der Waals surface area contributed by atoms with Gasteiger partial charge in [-0.2, -0.15) is 0 Å². The third-order valence-corrected chi connectivity index (χ3v) is 30.7. The molecule has 0 saturated heterocycles. The van der Waals surface area contributed by atoms with Crippen molar-refractivity contribution >= 4 is 148 Å². The minimum Gasteiger partial charge on any atom is -0.456 e. The molecule has 0 radical (unpaired) electrons. The highest BCUT2D eigenvalue weighted by Gasteiger charge is 2.55. The van der Waals surface area contributed by atoms with Gasteiger partial charge in [-0.3, -0.25) is 0 Å².